The largest absolute Gasteiger partial charge is 0.457 e. The highest BCUT2D eigenvalue weighted by Gasteiger charge is 2.17. The second-order valence-corrected chi connectivity index (χ2v) is 12.1. The standard InChI is InChI=1S/C41H40N4O/c1-5-11-30-18-17-29(7-3)35(12-6-2)41(30)31-26-43-44(27-31)32-13-10-14-33(24-32)46-34-19-20-37-36-15-8-9-16-38(36)45(39(37)25-34)40-23-28(4)21-22-42-40/h8-10,13-27H,5-7,11-12H2,1-4H3. The molecular formula is C41H40N4O. The highest BCUT2D eigenvalue weighted by molar-refractivity contribution is 6.09. The summed E-state index contributed by atoms with van der Waals surface area (Å²) in [6.45, 7) is 8.87. The van der Waals surface area contributed by atoms with Crippen molar-refractivity contribution >= 4 is 21.8 Å². The van der Waals surface area contributed by atoms with Crippen LogP contribution in [0.4, 0.5) is 0 Å². The summed E-state index contributed by atoms with van der Waals surface area (Å²) in [4.78, 5) is 4.72. The third-order valence-corrected chi connectivity index (χ3v) is 8.86. The predicted molar refractivity (Wildman–Crippen MR) is 190 cm³/mol. The van der Waals surface area contributed by atoms with Gasteiger partial charge in [0.25, 0.3) is 0 Å². The van der Waals surface area contributed by atoms with E-state index in [1.165, 1.54) is 44.2 Å². The lowest BCUT2D eigenvalue weighted by Gasteiger charge is -2.17. The summed E-state index contributed by atoms with van der Waals surface area (Å²) >= 11 is 0. The summed E-state index contributed by atoms with van der Waals surface area (Å²) in [6, 6.07) is 31.8. The number of para-hydroxylation sites is 1. The van der Waals surface area contributed by atoms with Crippen LogP contribution in [-0.4, -0.2) is 19.3 Å². The summed E-state index contributed by atoms with van der Waals surface area (Å²) < 4.78 is 10.7. The van der Waals surface area contributed by atoms with Crippen LogP contribution in [-0.2, 0) is 19.3 Å². The Hall–Kier alpha value is -5.16. The molecule has 7 rings (SSSR count). The molecule has 0 amide bonds. The average Bonchev–Trinajstić information content (AvgIpc) is 3.69. The van der Waals surface area contributed by atoms with Crippen molar-refractivity contribution in [2.24, 2.45) is 0 Å². The second-order valence-electron chi connectivity index (χ2n) is 12.1. The maximum absolute atomic E-state index is 6.51. The maximum atomic E-state index is 6.51. The maximum Gasteiger partial charge on any atom is 0.137 e. The molecular weight excluding hydrogens is 564 g/mol. The van der Waals surface area contributed by atoms with Crippen molar-refractivity contribution in [2.75, 3.05) is 0 Å². The van der Waals surface area contributed by atoms with Crippen LogP contribution in [0.2, 0.25) is 0 Å². The van der Waals surface area contributed by atoms with E-state index in [4.69, 9.17) is 14.8 Å². The number of aryl methyl sites for hydroxylation is 3. The van der Waals surface area contributed by atoms with Gasteiger partial charge in [0, 0.05) is 40.9 Å². The summed E-state index contributed by atoms with van der Waals surface area (Å²) in [5.74, 6) is 2.43. The SMILES string of the molecule is CCCc1ccc(CC)c(CCC)c1-c1cnn(-c2cccc(Oc3ccc4c5ccccc5n(-c5cc(C)ccn5)c4c3)c2)c1. The lowest BCUT2D eigenvalue weighted by molar-refractivity contribution is 0.483. The van der Waals surface area contributed by atoms with E-state index in [0.717, 1.165) is 66.1 Å². The van der Waals surface area contributed by atoms with Gasteiger partial charge < -0.3 is 4.74 Å². The number of hydrogen-bond acceptors (Lipinski definition) is 3. The van der Waals surface area contributed by atoms with Crippen LogP contribution in [0.3, 0.4) is 0 Å². The number of nitrogens with zero attached hydrogens (tertiary/aromatic N) is 4. The Morgan fingerprint density at radius 3 is 2.35 bits per heavy atom. The van der Waals surface area contributed by atoms with Gasteiger partial charge in [-0.05, 0) is 96.5 Å². The van der Waals surface area contributed by atoms with Crippen LogP contribution in [0, 0.1) is 6.92 Å². The van der Waals surface area contributed by atoms with E-state index in [9.17, 15) is 0 Å². The molecule has 0 N–H and O–H groups in total. The number of fused-ring (bicyclic) bond motifs is 3. The van der Waals surface area contributed by atoms with Crippen LogP contribution in [0.5, 0.6) is 11.5 Å². The fourth-order valence-corrected chi connectivity index (χ4v) is 6.77. The highest BCUT2D eigenvalue weighted by Crippen LogP contribution is 2.36. The lowest BCUT2D eigenvalue weighted by atomic mass is 9.87. The molecule has 5 nitrogen and oxygen atoms in total. The van der Waals surface area contributed by atoms with Crippen molar-refractivity contribution in [3.63, 3.8) is 0 Å². The molecule has 4 aromatic carbocycles. The molecule has 230 valence electrons. The first-order chi connectivity index (χ1) is 22.6. The van der Waals surface area contributed by atoms with Crippen molar-refractivity contribution in [2.45, 2.75) is 59.8 Å². The van der Waals surface area contributed by atoms with Gasteiger partial charge in [-0.15, -0.1) is 0 Å². The molecule has 5 heteroatoms. The van der Waals surface area contributed by atoms with E-state index in [2.05, 4.69) is 105 Å². The van der Waals surface area contributed by atoms with Crippen molar-refractivity contribution in [3.8, 4) is 34.1 Å². The Labute approximate surface area is 271 Å². The van der Waals surface area contributed by atoms with Gasteiger partial charge in [-0.25, -0.2) is 9.67 Å². The number of ether oxygens (including phenoxy) is 1. The average molecular weight is 605 g/mol. The van der Waals surface area contributed by atoms with Crippen LogP contribution in [0.1, 0.15) is 55.9 Å². The Kier molecular flexibility index (Phi) is 8.15. The molecule has 3 aromatic heterocycles. The minimum absolute atomic E-state index is 0.761. The number of rotatable bonds is 10. The summed E-state index contributed by atoms with van der Waals surface area (Å²) in [5.41, 5.74) is 11.2. The molecule has 0 bridgehead atoms. The molecule has 0 aliphatic carbocycles. The van der Waals surface area contributed by atoms with Gasteiger partial charge in [0.1, 0.15) is 17.3 Å². The van der Waals surface area contributed by atoms with Crippen LogP contribution in [0.25, 0.3) is 44.4 Å². The fourth-order valence-electron chi connectivity index (χ4n) is 6.77. The van der Waals surface area contributed by atoms with Crippen LogP contribution >= 0.6 is 0 Å². The lowest BCUT2D eigenvalue weighted by Crippen LogP contribution is -2.01. The zero-order valence-corrected chi connectivity index (χ0v) is 27.1. The summed E-state index contributed by atoms with van der Waals surface area (Å²) in [5, 5.41) is 7.20. The quantitative estimate of drug-likeness (QED) is 0.156. The van der Waals surface area contributed by atoms with E-state index in [-0.39, 0.29) is 0 Å². The molecule has 7 aromatic rings. The van der Waals surface area contributed by atoms with Gasteiger partial charge in [0.15, 0.2) is 0 Å². The topological polar surface area (TPSA) is 44.9 Å². The molecule has 0 fully saturated rings. The zero-order chi connectivity index (χ0) is 31.6. The van der Waals surface area contributed by atoms with Crippen molar-refractivity contribution in [3.05, 3.63) is 132 Å². The van der Waals surface area contributed by atoms with Gasteiger partial charge in [0.05, 0.1) is 22.9 Å². The minimum Gasteiger partial charge on any atom is -0.457 e. The summed E-state index contributed by atoms with van der Waals surface area (Å²) in [6.07, 6.45) is 11.5. The molecule has 0 saturated carbocycles. The Balaban J connectivity index is 1.24. The first-order valence-corrected chi connectivity index (χ1v) is 16.5. The van der Waals surface area contributed by atoms with Crippen molar-refractivity contribution in [1.82, 2.24) is 19.3 Å². The molecule has 0 aliphatic rings. The number of pyridine rings is 1. The minimum atomic E-state index is 0.761. The van der Waals surface area contributed by atoms with E-state index in [1.54, 1.807) is 0 Å². The molecule has 0 unspecified atom stereocenters. The normalized spacial score (nSPS) is 11.5. The Morgan fingerprint density at radius 1 is 0.717 bits per heavy atom. The zero-order valence-electron chi connectivity index (χ0n) is 27.1. The van der Waals surface area contributed by atoms with Gasteiger partial charge in [-0.3, -0.25) is 4.57 Å². The summed E-state index contributed by atoms with van der Waals surface area (Å²) in [7, 11) is 0. The molecule has 0 radical (unpaired) electrons. The molecule has 0 saturated heterocycles. The van der Waals surface area contributed by atoms with Crippen LogP contribution in [0.15, 0.2) is 110 Å². The molecule has 0 aliphatic heterocycles. The van der Waals surface area contributed by atoms with Gasteiger partial charge in [-0.1, -0.05) is 70.0 Å². The number of aromatic nitrogens is 4. The predicted octanol–water partition coefficient (Wildman–Crippen LogP) is 10.6. The third-order valence-electron chi connectivity index (χ3n) is 8.86. The van der Waals surface area contributed by atoms with E-state index in [1.807, 2.05) is 41.3 Å². The molecule has 0 atom stereocenters. The first kappa shape index (κ1) is 29.5. The first-order valence-electron chi connectivity index (χ1n) is 16.5. The van der Waals surface area contributed by atoms with Crippen LogP contribution < -0.4 is 4.74 Å². The van der Waals surface area contributed by atoms with Gasteiger partial charge in [-0.2, -0.15) is 5.10 Å². The molecule has 46 heavy (non-hydrogen) atoms. The van der Waals surface area contributed by atoms with Crippen molar-refractivity contribution in [1.29, 1.82) is 0 Å². The second kappa shape index (κ2) is 12.7. The number of hydrogen-bond donors (Lipinski definition) is 0. The fraction of sp³-hybridized carbons (Fsp3) is 0.220. The molecule has 3 heterocycles. The number of benzene rings is 4. The molecule has 0 spiro atoms. The van der Waals surface area contributed by atoms with E-state index < -0.39 is 0 Å². The van der Waals surface area contributed by atoms with Gasteiger partial charge in [0.2, 0.25) is 0 Å². The Bertz CT molecular complexity index is 2170. The van der Waals surface area contributed by atoms with Gasteiger partial charge >= 0.3 is 0 Å². The Morgan fingerprint density at radius 2 is 1.52 bits per heavy atom. The highest BCUT2D eigenvalue weighted by atomic mass is 16.5. The van der Waals surface area contributed by atoms with Crippen molar-refractivity contribution < 1.29 is 4.74 Å². The van der Waals surface area contributed by atoms with E-state index >= 15 is 0 Å². The van der Waals surface area contributed by atoms with E-state index in [0.29, 0.717) is 0 Å². The third kappa shape index (κ3) is 5.47. The monoisotopic (exact) mass is 604 g/mol. The smallest absolute Gasteiger partial charge is 0.137 e.